The summed E-state index contributed by atoms with van der Waals surface area (Å²) in [6, 6.07) is 1.72. The van der Waals surface area contributed by atoms with Crippen LogP contribution in [0.15, 0.2) is 17.2 Å². The van der Waals surface area contributed by atoms with Crippen LogP contribution >= 0.6 is 11.8 Å². The molecule has 0 bridgehead atoms. The maximum absolute atomic E-state index is 12.4. The molecule has 7 heteroatoms. The van der Waals surface area contributed by atoms with Crippen molar-refractivity contribution >= 4 is 21.8 Å². The Morgan fingerprint density at radius 1 is 1.40 bits per heavy atom. The van der Waals surface area contributed by atoms with Gasteiger partial charge in [0.15, 0.2) is 0 Å². The van der Waals surface area contributed by atoms with E-state index < -0.39 is 10.0 Å². The monoisotopic (exact) mass is 319 g/mol. The van der Waals surface area contributed by atoms with Crippen molar-refractivity contribution in [2.75, 3.05) is 19.1 Å². The lowest BCUT2D eigenvalue weighted by atomic mass is 10.3. The summed E-state index contributed by atoms with van der Waals surface area (Å²) < 4.78 is 29.6. The Morgan fingerprint density at radius 2 is 2.10 bits per heavy atom. The molecule has 0 saturated heterocycles. The van der Waals surface area contributed by atoms with Crippen molar-refractivity contribution in [3.05, 3.63) is 18.0 Å². The molecule has 0 fully saturated rings. The van der Waals surface area contributed by atoms with Crippen LogP contribution in [0.5, 0.6) is 0 Å². The summed E-state index contributed by atoms with van der Waals surface area (Å²) in [5, 5.41) is 3.06. The van der Waals surface area contributed by atoms with Crippen LogP contribution < -0.4 is 10.0 Å². The summed E-state index contributed by atoms with van der Waals surface area (Å²) in [5.41, 5.74) is 0.980. The first-order valence-corrected chi connectivity index (χ1v) is 9.71. The Morgan fingerprint density at radius 3 is 2.60 bits per heavy atom. The van der Waals surface area contributed by atoms with Gasteiger partial charge in [0, 0.05) is 36.8 Å². The maximum Gasteiger partial charge on any atom is 0.242 e. The SMILES string of the molecule is CCC(CSC)NS(=O)(=O)c1cc(CNC)n(CC)c1. The van der Waals surface area contributed by atoms with Gasteiger partial charge in [-0.1, -0.05) is 6.92 Å². The van der Waals surface area contributed by atoms with E-state index in [-0.39, 0.29) is 6.04 Å². The number of aromatic nitrogens is 1. The Kier molecular flexibility index (Phi) is 7.08. The molecule has 1 heterocycles. The fourth-order valence-electron chi connectivity index (χ4n) is 2.02. The van der Waals surface area contributed by atoms with E-state index in [1.807, 2.05) is 31.7 Å². The largest absolute Gasteiger partial charge is 0.349 e. The zero-order valence-corrected chi connectivity index (χ0v) is 14.3. The number of thioether (sulfide) groups is 1. The Labute approximate surface area is 126 Å². The Balaban J connectivity index is 2.97. The first kappa shape index (κ1) is 17.6. The highest BCUT2D eigenvalue weighted by Crippen LogP contribution is 2.16. The van der Waals surface area contributed by atoms with Gasteiger partial charge in [0.25, 0.3) is 0 Å². The van der Waals surface area contributed by atoms with Crippen molar-refractivity contribution in [1.29, 1.82) is 0 Å². The van der Waals surface area contributed by atoms with Crippen LogP contribution in [0.25, 0.3) is 0 Å². The number of hydrogen-bond donors (Lipinski definition) is 2. The number of sulfonamides is 1. The van der Waals surface area contributed by atoms with Crippen molar-refractivity contribution in [2.45, 2.75) is 44.3 Å². The lowest BCUT2D eigenvalue weighted by Gasteiger charge is -2.15. The molecule has 1 unspecified atom stereocenters. The quantitative estimate of drug-likeness (QED) is 0.726. The molecule has 0 spiro atoms. The zero-order valence-electron chi connectivity index (χ0n) is 12.6. The number of aryl methyl sites for hydroxylation is 1. The molecule has 116 valence electrons. The second-order valence-corrected chi connectivity index (χ2v) is 7.29. The third-order valence-corrected chi connectivity index (χ3v) is 5.38. The Bertz CT molecular complexity index is 512. The maximum atomic E-state index is 12.4. The van der Waals surface area contributed by atoms with Gasteiger partial charge < -0.3 is 9.88 Å². The molecule has 0 aliphatic carbocycles. The molecule has 2 N–H and O–H groups in total. The van der Waals surface area contributed by atoms with E-state index in [2.05, 4.69) is 10.0 Å². The molecule has 1 aromatic rings. The van der Waals surface area contributed by atoms with E-state index in [1.54, 1.807) is 24.0 Å². The molecule has 1 atom stereocenters. The minimum atomic E-state index is -3.44. The van der Waals surface area contributed by atoms with Crippen molar-refractivity contribution in [1.82, 2.24) is 14.6 Å². The fraction of sp³-hybridized carbons (Fsp3) is 0.692. The topological polar surface area (TPSA) is 63.1 Å². The first-order chi connectivity index (χ1) is 9.48. The van der Waals surface area contributed by atoms with Gasteiger partial charge in [-0.25, -0.2) is 13.1 Å². The average Bonchev–Trinajstić information content (AvgIpc) is 2.82. The van der Waals surface area contributed by atoms with E-state index in [1.165, 1.54) is 0 Å². The van der Waals surface area contributed by atoms with Crippen LogP contribution in [0.1, 0.15) is 26.0 Å². The van der Waals surface area contributed by atoms with Gasteiger partial charge in [-0.05, 0) is 32.7 Å². The minimum Gasteiger partial charge on any atom is -0.349 e. The molecule has 0 amide bonds. The predicted octanol–water partition coefficient (Wildman–Crippen LogP) is 1.65. The number of nitrogens with one attached hydrogen (secondary N) is 2. The van der Waals surface area contributed by atoms with Crippen molar-refractivity contribution < 1.29 is 8.42 Å². The minimum absolute atomic E-state index is 0.0206. The van der Waals surface area contributed by atoms with Crippen LogP contribution in [0.2, 0.25) is 0 Å². The zero-order chi connectivity index (χ0) is 15.2. The summed E-state index contributed by atoms with van der Waals surface area (Å²) in [7, 11) is -1.58. The van der Waals surface area contributed by atoms with Crippen LogP contribution in [0, 0.1) is 0 Å². The molecule has 0 aliphatic rings. The molecule has 5 nitrogen and oxygen atoms in total. The summed E-state index contributed by atoms with van der Waals surface area (Å²) in [5.74, 6) is 0.785. The third kappa shape index (κ3) is 4.51. The highest BCUT2D eigenvalue weighted by atomic mass is 32.2. The molecule has 1 aromatic heterocycles. The van der Waals surface area contributed by atoms with Gasteiger partial charge in [-0.3, -0.25) is 0 Å². The standard InChI is InChI=1S/C13H25N3O2S2/c1-5-11(10-19-4)15-20(17,18)13-7-12(8-14-3)16(6-2)9-13/h7,9,11,14-15H,5-6,8,10H2,1-4H3. The summed E-state index contributed by atoms with van der Waals surface area (Å²) >= 11 is 1.65. The van der Waals surface area contributed by atoms with E-state index in [0.29, 0.717) is 11.4 Å². The molecule has 0 aliphatic heterocycles. The lowest BCUT2D eigenvalue weighted by molar-refractivity contribution is 0.558. The molecular weight excluding hydrogens is 294 g/mol. The molecule has 0 radical (unpaired) electrons. The van der Waals surface area contributed by atoms with E-state index in [9.17, 15) is 8.42 Å². The van der Waals surface area contributed by atoms with Crippen LogP contribution in [-0.2, 0) is 23.1 Å². The van der Waals surface area contributed by atoms with E-state index in [0.717, 1.165) is 24.4 Å². The van der Waals surface area contributed by atoms with Crippen molar-refractivity contribution in [3.8, 4) is 0 Å². The van der Waals surface area contributed by atoms with Gasteiger partial charge in [0.1, 0.15) is 0 Å². The molecule has 1 rings (SSSR count). The summed E-state index contributed by atoms with van der Waals surface area (Å²) in [4.78, 5) is 0.351. The molecular formula is C13H25N3O2S2. The van der Waals surface area contributed by atoms with Crippen LogP contribution in [0.4, 0.5) is 0 Å². The normalized spacial score (nSPS) is 13.6. The van der Waals surface area contributed by atoms with Crippen LogP contribution in [0.3, 0.4) is 0 Å². The van der Waals surface area contributed by atoms with Crippen molar-refractivity contribution in [2.24, 2.45) is 0 Å². The van der Waals surface area contributed by atoms with Gasteiger partial charge >= 0.3 is 0 Å². The second kappa shape index (κ2) is 8.07. The van der Waals surface area contributed by atoms with Crippen molar-refractivity contribution in [3.63, 3.8) is 0 Å². The molecule has 0 aromatic carbocycles. The summed E-state index contributed by atoms with van der Waals surface area (Å²) in [6.07, 6.45) is 4.48. The van der Waals surface area contributed by atoms with Gasteiger partial charge in [-0.15, -0.1) is 0 Å². The molecule has 0 saturated carbocycles. The highest BCUT2D eigenvalue weighted by molar-refractivity contribution is 7.98. The van der Waals surface area contributed by atoms with Gasteiger partial charge in [0.2, 0.25) is 10.0 Å². The highest BCUT2D eigenvalue weighted by Gasteiger charge is 2.21. The van der Waals surface area contributed by atoms with E-state index >= 15 is 0 Å². The number of rotatable bonds is 9. The third-order valence-electron chi connectivity index (χ3n) is 3.15. The Hall–Kier alpha value is -0.500. The van der Waals surface area contributed by atoms with Gasteiger partial charge in [0.05, 0.1) is 4.90 Å². The fourth-order valence-corrected chi connectivity index (χ4v) is 4.23. The smallest absolute Gasteiger partial charge is 0.242 e. The second-order valence-electron chi connectivity index (χ2n) is 4.67. The number of nitrogens with zero attached hydrogens (tertiary/aromatic N) is 1. The average molecular weight is 319 g/mol. The molecule has 20 heavy (non-hydrogen) atoms. The number of hydrogen-bond acceptors (Lipinski definition) is 4. The van der Waals surface area contributed by atoms with Crippen LogP contribution in [-0.4, -0.2) is 38.1 Å². The van der Waals surface area contributed by atoms with Gasteiger partial charge in [-0.2, -0.15) is 11.8 Å². The van der Waals surface area contributed by atoms with E-state index in [4.69, 9.17) is 0 Å². The summed E-state index contributed by atoms with van der Waals surface area (Å²) in [6.45, 7) is 5.42. The predicted molar refractivity (Wildman–Crippen MR) is 85.7 cm³/mol. The lowest BCUT2D eigenvalue weighted by Crippen LogP contribution is -2.35. The first-order valence-electron chi connectivity index (χ1n) is 6.83.